The maximum atomic E-state index is 9.35. The topological polar surface area (TPSA) is 119 Å². The van der Waals surface area contributed by atoms with Gasteiger partial charge in [0, 0.05) is 4.91 Å². The van der Waals surface area contributed by atoms with Crippen LogP contribution in [-0.2, 0) is 4.74 Å². The third kappa shape index (κ3) is 1.90. The van der Waals surface area contributed by atoms with Gasteiger partial charge in [0.05, 0.1) is 12.2 Å². The molecular formula is C6H11N3O4. The third-order valence-electron chi connectivity index (χ3n) is 2.01. The van der Waals surface area contributed by atoms with Gasteiger partial charge in [0.25, 0.3) is 0 Å². The predicted molar refractivity (Wildman–Crippen MR) is 41.5 cm³/mol. The molecule has 1 saturated heterocycles. The van der Waals surface area contributed by atoms with E-state index in [2.05, 4.69) is 10.0 Å². The summed E-state index contributed by atoms with van der Waals surface area (Å²) in [6, 6.07) is -1.16. The number of hydrogen-bond donors (Lipinski definition) is 3. The van der Waals surface area contributed by atoms with Crippen LogP contribution in [-0.4, -0.2) is 46.0 Å². The lowest BCUT2D eigenvalue weighted by molar-refractivity contribution is -0.236. The molecule has 0 amide bonds. The largest absolute Gasteiger partial charge is 0.390 e. The Balaban J connectivity index is 2.78. The standard InChI is InChI=1S/C6H11N3O4/c1-2-4(10)5(11)3(8-9-7)6(12)13-2/h2-6,10-12H,1H3. The van der Waals surface area contributed by atoms with E-state index in [-0.39, 0.29) is 0 Å². The van der Waals surface area contributed by atoms with Crippen molar-refractivity contribution in [2.24, 2.45) is 5.11 Å². The van der Waals surface area contributed by atoms with Crippen molar-refractivity contribution in [3.63, 3.8) is 0 Å². The molecule has 7 heteroatoms. The van der Waals surface area contributed by atoms with Crippen molar-refractivity contribution in [1.29, 1.82) is 0 Å². The van der Waals surface area contributed by atoms with Crippen LogP contribution in [0, 0.1) is 0 Å². The van der Waals surface area contributed by atoms with Gasteiger partial charge in [0.15, 0.2) is 6.29 Å². The zero-order chi connectivity index (χ0) is 10.0. The van der Waals surface area contributed by atoms with Crippen LogP contribution in [0.4, 0.5) is 0 Å². The predicted octanol–water partition coefficient (Wildman–Crippen LogP) is -0.876. The van der Waals surface area contributed by atoms with E-state index in [9.17, 15) is 15.3 Å². The van der Waals surface area contributed by atoms with E-state index in [1.807, 2.05) is 0 Å². The van der Waals surface area contributed by atoms with Crippen LogP contribution in [0.25, 0.3) is 10.4 Å². The Morgan fingerprint density at radius 3 is 2.46 bits per heavy atom. The molecule has 0 spiro atoms. The first-order chi connectivity index (χ1) is 6.07. The maximum absolute atomic E-state index is 9.35. The molecule has 0 aromatic carbocycles. The van der Waals surface area contributed by atoms with Crippen molar-refractivity contribution in [2.75, 3.05) is 0 Å². The highest BCUT2D eigenvalue weighted by Crippen LogP contribution is 2.21. The minimum atomic E-state index is -1.37. The van der Waals surface area contributed by atoms with Gasteiger partial charge in [-0.15, -0.1) is 0 Å². The smallest absolute Gasteiger partial charge is 0.166 e. The van der Waals surface area contributed by atoms with E-state index in [1.165, 1.54) is 6.92 Å². The molecule has 0 aromatic rings. The summed E-state index contributed by atoms with van der Waals surface area (Å²) in [5, 5.41) is 31.0. The molecule has 5 atom stereocenters. The molecule has 0 aliphatic carbocycles. The highest BCUT2D eigenvalue weighted by Gasteiger charge is 2.41. The number of rotatable bonds is 1. The highest BCUT2D eigenvalue weighted by atomic mass is 16.6. The minimum Gasteiger partial charge on any atom is -0.390 e. The molecule has 13 heavy (non-hydrogen) atoms. The van der Waals surface area contributed by atoms with E-state index in [1.54, 1.807) is 0 Å². The first-order valence-corrected chi connectivity index (χ1v) is 3.81. The second kappa shape index (κ2) is 3.91. The average molecular weight is 189 g/mol. The first kappa shape index (κ1) is 10.2. The molecular weight excluding hydrogens is 178 g/mol. The average Bonchev–Trinajstić information content (AvgIpc) is 2.09. The third-order valence-corrected chi connectivity index (χ3v) is 2.01. The van der Waals surface area contributed by atoms with Gasteiger partial charge in [0.1, 0.15) is 12.1 Å². The van der Waals surface area contributed by atoms with Gasteiger partial charge in [-0.05, 0) is 12.5 Å². The summed E-state index contributed by atoms with van der Waals surface area (Å²) in [6.07, 6.45) is -4.51. The zero-order valence-electron chi connectivity index (χ0n) is 6.98. The number of ether oxygens (including phenoxy) is 1. The molecule has 1 aliphatic heterocycles. The monoisotopic (exact) mass is 189 g/mol. The second-order valence-electron chi connectivity index (χ2n) is 2.91. The summed E-state index contributed by atoms with van der Waals surface area (Å²) in [6.45, 7) is 1.50. The van der Waals surface area contributed by atoms with Crippen LogP contribution in [0.15, 0.2) is 5.11 Å². The molecule has 1 fully saturated rings. The van der Waals surface area contributed by atoms with Gasteiger partial charge in [-0.3, -0.25) is 0 Å². The van der Waals surface area contributed by atoms with Crippen molar-refractivity contribution < 1.29 is 20.1 Å². The van der Waals surface area contributed by atoms with E-state index in [4.69, 9.17) is 10.3 Å². The van der Waals surface area contributed by atoms with Crippen LogP contribution >= 0.6 is 0 Å². The van der Waals surface area contributed by atoms with Crippen LogP contribution in [0.5, 0.6) is 0 Å². The fourth-order valence-electron chi connectivity index (χ4n) is 1.21. The second-order valence-corrected chi connectivity index (χ2v) is 2.91. The van der Waals surface area contributed by atoms with Gasteiger partial charge in [-0.25, -0.2) is 0 Å². The Labute approximate surface area is 74.2 Å². The number of nitrogens with zero attached hydrogens (tertiary/aromatic N) is 3. The van der Waals surface area contributed by atoms with Gasteiger partial charge in [-0.2, -0.15) is 0 Å². The van der Waals surface area contributed by atoms with Crippen molar-refractivity contribution in [3.8, 4) is 0 Å². The summed E-state index contributed by atoms with van der Waals surface area (Å²) >= 11 is 0. The lowest BCUT2D eigenvalue weighted by Crippen LogP contribution is -2.55. The van der Waals surface area contributed by atoms with Gasteiger partial charge in [-0.1, -0.05) is 5.11 Å². The minimum absolute atomic E-state index is 0.685. The van der Waals surface area contributed by atoms with E-state index < -0.39 is 30.6 Å². The normalized spacial score (nSPS) is 45.4. The van der Waals surface area contributed by atoms with Crippen molar-refractivity contribution in [3.05, 3.63) is 10.4 Å². The molecule has 0 radical (unpaired) electrons. The lowest BCUT2D eigenvalue weighted by Gasteiger charge is -2.37. The Morgan fingerprint density at radius 2 is 1.92 bits per heavy atom. The molecule has 74 valence electrons. The van der Waals surface area contributed by atoms with Crippen molar-refractivity contribution >= 4 is 0 Å². The quantitative estimate of drug-likeness (QED) is 0.282. The van der Waals surface area contributed by atoms with Crippen LogP contribution in [0.3, 0.4) is 0 Å². The number of aliphatic hydroxyl groups is 3. The van der Waals surface area contributed by atoms with Gasteiger partial charge >= 0.3 is 0 Å². The Morgan fingerprint density at radius 1 is 1.31 bits per heavy atom. The number of aliphatic hydroxyl groups excluding tert-OH is 3. The molecule has 3 N–H and O–H groups in total. The van der Waals surface area contributed by atoms with Crippen LogP contribution < -0.4 is 0 Å². The molecule has 0 bridgehead atoms. The van der Waals surface area contributed by atoms with E-state index in [0.717, 1.165) is 0 Å². The molecule has 1 rings (SSSR count). The fraction of sp³-hybridized carbons (Fsp3) is 1.00. The Hall–Kier alpha value is -0.850. The van der Waals surface area contributed by atoms with Gasteiger partial charge in [0.2, 0.25) is 0 Å². The molecule has 5 unspecified atom stereocenters. The van der Waals surface area contributed by atoms with Gasteiger partial charge < -0.3 is 20.1 Å². The van der Waals surface area contributed by atoms with Crippen LogP contribution in [0.1, 0.15) is 6.92 Å². The highest BCUT2D eigenvalue weighted by molar-refractivity contribution is 4.91. The van der Waals surface area contributed by atoms with E-state index in [0.29, 0.717) is 0 Å². The molecule has 0 aromatic heterocycles. The maximum Gasteiger partial charge on any atom is 0.166 e. The SMILES string of the molecule is CC1OC(O)C(N=[N+]=[N-])C(O)C1O. The Bertz CT molecular complexity index is 230. The lowest BCUT2D eigenvalue weighted by atomic mass is 9.98. The molecule has 1 aliphatic rings. The summed E-state index contributed by atoms with van der Waals surface area (Å²) in [5.41, 5.74) is 8.11. The summed E-state index contributed by atoms with van der Waals surface area (Å²) in [5.74, 6) is 0. The number of azide groups is 1. The first-order valence-electron chi connectivity index (χ1n) is 3.81. The van der Waals surface area contributed by atoms with Crippen molar-refractivity contribution in [2.45, 2.75) is 37.6 Å². The fourth-order valence-corrected chi connectivity index (χ4v) is 1.21. The Kier molecular flexibility index (Phi) is 3.07. The zero-order valence-corrected chi connectivity index (χ0v) is 6.98. The summed E-state index contributed by atoms with van der Waals surface area (Å²) < 4.78 is 4.81. The van der Waals surface area contributed by atoms with E-state index >= 15 is 0 Å². The summed E-state index contributed by atoms with van der Waals surface area (Å²) in [4.78, 5) is 2.43. The van der Waals surface area contributed by atoms with Crippen LogP contribution in [0.2, 0.25) is 0 Å². The molecule has 0 saturated carbocycles. The number of hydrogen-bond acceptors (Lipinski definition) is 5. The molecule has 1 heterocycles. The van der Waals surface area contributed by atoms with Crippen molar-refractivity contribution in [1.82, 2.24) is 0 Å². The molecule has 7 nitrogen and oxygen atoms in total. The summed E-state index contributed by atoms with van der Waals surface area (Å²) in [7, 11) is 0.